The van der Waals surface area contributed by atoms with Gasteiger partial charge in [-0.1, -0.05) is 51.8 Å². The predicted octanol–water partition coefficient (Wildman–Crippen LogP) is 6.82. The molecule has 0 aliphatic carbocycles. The van der Waals surface area contributed by atoms with Crippen LogP contribution in [0.4, 0.5) is 5.69 Å². The molecule has 27 heavy (non-hydrogen) atoms. The second-order valence-electron chi connectivity index (χ2n) is 6.37. The van der Waals surface area contributed by atoms with E-state index >= 15 is 0 Å². The van der Waals surface area contributed by atoms with E-state index in [2.05, 4.69) is 64.8 Å². The molecule has 3 rings (SSSR count). The average Bonchev–Trinajstić information content (AvgIpc) is 2.68. The predicted molar refractivity (Wildman–Crippen MR) is 117 cm³/mol. The Balaban J connectivity index is 1.74. The normalized spacial score (nSPS) is 10.9. The largest absolute Gasteiger partial charge is 0.489 e. The molecule has 0 N–H and O–H groups in total. The van der Waals surface area contributed by atoms with Crippen molar-refractivity contribution in [2.75, 3.05) is 0 Å². The minimum absolute atomic E-state index is 0.536. The van der Waals surface area contributed by atoms with Gasteiger partial charge in [0, 0.05) is 10.7 Å². The molecule has 2 nitrogen and oxygen atoms in total. The Bertz CT molecular complexity index is 928. The summed E-state index contributed by atoms with van der Waals surface area (Å²) in [5.41, 5.74) is 5.46. The van der Waals surface area contributed by atoms with E-state index in [1.54, 1.807) is 0 Å². The summed E-state index contributed by atoms with van der Waals surface area (Å²) >= 11 is 3.45. The van der Waals surface area contributed by atoms with Gasteiger partial charge < -0.3 is 4.74 Å². The second-order valence-corrected chi connectivity index (χ2v) is 7.28. The first-order valence-corrected chi connectivity index (χ1v) is 9.65. The molecule has 0 heterocycles. The molecule has 0 aromatic heterocycles. The molecule has 3 aromatic rings. The number of rotatable bonds is 7. The number of hydrogen-bond acceptors (Lipinski definition) is 2. The molecular weight excluding hydrogens is 398 g/mol. The first kappa shape index (κ1) is 19.1. The fourth-order valence-corrected chi connectivity index (χ4v) is 2.92. The van der Waals surface area contributed by atoms with Gasteiger partial charge in [-0.3, -0.25) is 4.99 Å². The topological polar surface area (TPSA) is 21.6 Å². The number of hydrogen-bond donors (Lipinski definition) is 0. The highest BCUT2D eigenvalue weighted by molar-refractivity contribution is 9.10. The van der Waals surface area contributed by atoms with E-state index in [-0.39, 0.29) is 0 Å². The number of allylic oxidation sites excluding steroid dienone is 1. The fourth-order valence-electron chi connectivity index (χ4n) is 2.66. The van der Waals surface area contributed by atoms with Gasteiger partial charge in [-0.15, -0.1) is 6.58 Å². The number of nitrogens with zero attached hydrogens (tertiary/aromatic N) is 1. The van der Waals surface area contributed by atoms with Gasteiger partial charge in [-0.25, -0.2) is 0 Å². The maximum absolute atomic E-state index is 6.04. The molecule has 0 saturated heterocycles. The highest BCUT2D eigenvalue weighted by Crippen LogP contribution is 2.23. The third-order valence-electron chi connectivity index (χ3n) is 4.15. The van der Waals surface area contributed by atoms with Gasteiger partial charge in [-0.2, -0.15) is 0 Å². The van der Waals surface area contributed by atoms with Crippen molar-refractivity contribution in [2.45, 2.75) is 20.0 Å². The molecule has 0 fully saturated rings. The highest BCUT2D eigenvalue weighted by Gasteiger charge is 2.05. The van der Waals surface area contributed by atoms with E-state index < -0.39 is 0 Å². The van der Waals surface area contributed by atoms with Crippen LogP contribution in [0.1, 0.15) is 22.3 Å². The summed E-state index contributed by atoms with van der Waals surface area (Å²) in [6.45, 7) is 6.47. The monoisotopic (exact) mass is 419 g/mol. The lowest BCUT2D eigenvalue weighted by molar-refractivity contribution is 0.303. The lowest BCUT2D eigenvalue weighted by Gasteiger charge is -2.11. The molecule has 0 saturated carbocycles. The minimum atomic E-state index is 0.536. The van der Waals surface area contributed by atoms with Crippen molar-refractivity contribution in [1.29, 1.82) is 0 Å². The van der Waals surface area contributed by atoms with Gasteiger partial charge in [0.05, 0.1) is 5.69 Å². The van der Waals surface area contributed by atoms with Crippen LogP contribution < -0.4 is 4.74 Å². The Hall–Kier alpha value is -2.65. The van der Waals surface area contributed by atoms with Crippen molar-refractivity contribution in [3.05, 3.63) is 106 Å². The Morgan fingerprint density at radius 2 is 1.74 bits per heavy atom. The van der Waals surface area contributed by atoms with E-state index in [4.69, 9.17) is 4.74 Å². The zero-order valence-corrected chi connectivity index (χ0v) is 16.9. The van der Waals surface area contributed by atoms with Crippen LogP contribution in [-0.2, 0) is 13.0 Å². The van der Waals surface area contributed by atoms with Crippen molar-refractivity contribution >= 4 is 27.8 Å². The summed E-state index contributed by atoms with van der Waals surface area (Å²) in [6, 6.07) is 22.5. The Labute approximate surface area is 169 Å². The first-order chi connectivity index (χ1) is 13.1. The first-order valence-electron chi connectivity index (χ1n) is 8.86. The summed E-state index contributed by atoms with van der Waals surface area (Å²) in [5, 5.41) is 0. The zero-order valence-electron chi connectivity index (χ0n) is 15.4. The summed E-state index contributed by atoms with van der Waals surface area (Å²) in [6.07, 6.45) is 4.53. The van der Waals surface area contributed by atoms with E-state index in [1.165, 1.54) is 5.56 Å². The maximum Gasteiger partial charge on any atom is 0.123 e. The van der Waals surface area contributed by atoms with Crippen LogP contribution in [0.5, 0.6) is 5.75 Å². The van der Waals surface area contributed by atoms with Crippen molar-refractivity contribution in [3.63, 3.8) is 0 Å². The van der Waals surface area contributed by atoms with Crippen LogP contribution in [0.25, 0.3) is 0 Å². The van der Waals surface area contributed by atoms with E-state index in [0.29, 0.717) is 6.61 Å². The van der Waals surface area contributed by atoms with Gasteiger partial charge >= 0.3 is 0 Å². The zero-order chi connectivity index (χ0) is 19.1. The standard InChI is InChI=1S/C24H22BrNO/c1-3-4-21-15-20(16-26-23-12-5-18(2)6-13-23)9-14-24(21)27-17-19-7-10-22(25)11-8-19/h3,5-16H,1,4,17H2,2H3. The van der Waals surface area contributed by atoms with Crippen molar-refractivity contribution in [1.82, 2.24) is 0 Å². The van der Waals surface area contributed by atoms with Crippen LogP contribution >= 0.6 is 15.9 Å². The van der Waals surface area contributed by atoms with E-state index in [1.807, 2.05) is 48.7 Å². The fraction of sp³-hybridized carbons (Fsp3) is 0.125. The molecule has 0 unspecified atom stereocenters. The Morgan fingerprint density at radius 3 is 2.44 bits per heavy atom. The minimum Gasteiger partial charge on any atom is -0.489 e. The number of halogens is 1. The molecule has 3 aromatic carbocycles. The van der Waals surface area contributed by atoms with E-state index in [9.17, 15) is 0 Å². The molecule has 0 radical (unpaired) electrons. The summed E-state index contributed by atoms with van der Waals surface area (Å²) in [4.78, 5) is 4.55. The number of benzene rings is 3. The van der Waals surface area contributed by atoms with Crippen molar-refractivity contribution < 1.29 is 4.74 Å². The quantitative estimate of drug-likeness (QED) is 0.304. The molecular formula is C24H22BrNO. The van der Waals surface area contributed by atoms with Crippen LogP contribution in [0.15, 0.2) is 88.9 Å². The van der Waals surface area contributed by atoms with Crippen LogP contribution in [0, 0.1) is 6.92 Å². The number of ether oxygens (including phenoxy) is 1. The van der Waals surface area contributed by atoms with Crippen molar-refractivity contribution in [3.8, 4) is 5.75 Å². The summed E-state index contributed by atoms with van der Waals surface area (Å²) < 4.78 is 7.10. The Morgan fingerprint density at radius 1 is 1.00 bits per heavy atom. The molecule has 0 amide bonds. The number of aliphatic imine (C=N–C) groups is 1. The van der Waals surface area contributed by atoms with Gasteiger partial charge in [0.2, 0.25) is 0 Å². The molecule has 0 aliphatic rings. The summed E-state index contributed by atoms with van der Waals surface area (Å²) in [7, 11) is 0. The maximum atomic E-state index is 6.04. The van der Waals surface area contributed by atoms with Gasteiger partial charge in [-0.05, 0) is 72.5 Å². The van der Waals surface area contributed by atoms with Gasteiger partial charge in [0.1, 0.15) is 12.4 Å². The van der Waals surface area contributed by atoms with Gasteiger partial charge in [0.25, 0.3) is 0 Å². The lowest BCUT2D eigenvalue weighted by Crippen LogP contribution is -1.99. The average molecular weight is 420 g/mol. The molecule has 0 spiro atoms. The van der Waals surface area contributed by atoms with Crippen LogP contribution in [-0.4, -0.2) is 6.21 Å². The van der Waals surface area contributed by atoms with Crippen molar-refractivity contribution in [2.24, 2.45) is 4.99 Å². The third kappa shape index (κ3) is 5.66. The smallest absolute Gasteiger partial charge is 0.123 e. The SMILES string of the molecule is C=CCc1cc(C=Nc2ccc(C)cc2)ccc1OCc1ccc(Br)cc1. The molecule has 0 atom stereocenters. The lowest BCUT2D eigenvalue weighted by atomic mass is 10.1. The molecule has 136 valence electrons. The number of aryl methyl sites for hydroxylation is 1. The molecule has 0 aliphatic heterocycles. The third-order valence-corrected chi connectivity index (χ3v) is 4.68. The second kappa shape index (κ2) is 9.33. The van der Waals surface area contributed by atoms with Crippen LogP contribution in [0.3, 0.4) is 0 Å². The molecule has 3 heteroatoms. The van der Waals surface area contributed by atoms with Gasteiger partial charge in [0.15, 0.2) is 0 Å². The Kier molecular flexibility index (Phi) is 6.61. The molecule has 0 bridgehead atoms. The van der Waals surface area contributed by atoms with Crippen LogP contribution in [0.2, 0.25) is 0 Å². The van der Waals surface area contributed by atoms with E-state index in [0.717, 1.165) is 39.0 Å². The highest BCUT2D eigenvalue weighted by atomic mass is 79.9. The summed E-state index contributed by atoms with van der Waals surface area (Å²) in [5.74, 6) is 0.880.